The SMILES string of the molecule is CCC(=O)c1cc(C)c(C)cc1-n1nnc2ccccc21. The van der Waals surface area contributed by atoms with Crippen LogP contribution in [-0.2, 0) is 0 Å². The van der Waals surface area contributed by atoms with Gasteiger partial charge in [0.25, 0.3) is 0 Å². The number of hydrogen-bond acceptors (Lipinski definition) is 3. The number of ketones is 1. The molecule has 0 fully saturated rings. The van der Waals surface area contributed by atoms with Gasteiger partial charge >= 0.3 is 0 Å². The van der Waals surface area contributed by atoms with E-state index in [1.807, 2.05) is 57.2 Å². The van der Waals surface area contributed by atoms with Crippen LogP contribution in [0.25, 0.3) is 16.7 Å². The van der Waals surface area contributed by atoms with Crippen molar-refractivity contribution in [3.05, 3.63) is 53.1 Å². The maximum Gasteiger partial charge on any atom is 0.164 e. The summed E-state index contributed by atoms with van der Waals surface area (Å²) in [5.41, 5.74) is 5.49. The van der Waals surface area contributed by atoms with Crippen LogP contribution in [0.3, 0.4) is 0 Å². The summed E-state index contributed by atoms with van der Waals surface area (Å²) >= 11 is 0. The third kappa shape index (κ3) is 2.23. The predicted octanol–water partition coefficient (Wildman–Crippen LogP) is 3.63. The van der Waals surface area contributed by atoms with Crippen molar-refractivity contribution >= 4 is 16.8 Å². The van der Waals surface area contributed by atoms with E-state index in [-0.39, 0.29) is 5.78 Å². The summed E-state index contributed by atoms with van der Waals surface area (Å²) in [5, 5.41) is 8.40. The molecule has 4 heteroatoms. The average Bonchev–Trinajstić information content (AvgIpc) is 2.92. The van der Waals surface area contributed by atoms with Crippen LogP contribution in [-0.4, -0.2) is 20.8 Å². The third-order valence-corrected chi connectivity index (χ3v) is 3.81. The van der Waals surface area contributed by atoms with Gasteiger partial charge in [-0.15, -0.1) is 5.10 Å². The molecule has 0 atom stereocenters. The van der Waals surface area contributed by atoms with Crippen LogP contribution in [0.1, 0.15) is 34.8 Å². The first-order valence-corrected chi connectivity index (χ1v) is 7.07. The first-order valence-electron chi connectivity index (χ1n) is 7.07. The van der Waals surface area contributed by atoms with Crippen LogP contribution in [0.2, 0.25) is 0 Å². The molecule has 0 aliphatic rings. The summed E-state index contributed by atoms with van der Waals surface area (Å²) in [7, 11) is 0. The maximum atomic E-state index is 12.3. The monoisotopic (exact) mass is 279 g/mol. The Labute approximate surface area is 123 Å². The first kappa shape index (κ1) is 13.5. The van der Waals surface area contributed by atoms with E-state index in [0.29, 0.717) is 12.0 Å². The lowest BCUT2D eigenvalue weighted by Gasteiger charge is -2.12. The summed E-state index contributed by atoms with van der Waals surface area (Å²) in [6.45, 7) is 5.93. The highest BCUT2D eigenvalue weighted by Crippen LogP contribution is 2.24. The second kappa shape index (κ2) is 5.13. The van der Waals surface area contributed by atoms with Crippen LogP contribution in [0.5, 0.6) is 0 Å². The van der Waals surface area contributed by atoms with Crippen LogP contribution in [0, 0.1) is 13.8 Å². The summed E-state index contributed by atoms with van der Waals surface area (Å²) < 4.78 is 1.75. The van der Waals surface area contributed by atoms with Crippen LogP contribution >= 0.6 is 0 Å². The average molecular weight is 279 g/mol. The van der Waals surface area contributed by atoms with Crippen molar-refractivity contribution in [2.24, 2.45) is 0 Å². The van der Waals surface area contributed by atoms with Gasteiger partial charge in [-0.25, -0.2) is 4.68 Å². The van der Waals surface area contributed by atoms with E-state index in [0.717, 1.165) is 27.8 Å². The Bertz CT molecular complexity index is 833. The topological polar surface area (TPSA) is 47.8 Å². The van der Waals surface area contributed by atoms with Crippen molar-refractivity contribution in [2.45, 2.75) is 27.2 Å². The van der Waals surface area contributed by atoms with Gasteiger partial charge in [-0.05, 0) is 49.2 Å². The van der Waals surface area contributed by atoms with Crippen molar-refractivity contribution in [1.29, 1.82) is 0 Å². The second-order valence-electron chi connectivity index (χ2n) is 5.22. The second-order valence-corrected chi connectivity index (χ2v) is 5.22. The lowest BCUT2D eigenvalue weighted by Crippen LogP contribution is -2.08. The van der Waals surface area contributed by atoms with Gasteiger partial charge in [0.15, 0.2) is 5.78 Å². The number of fused-ring (bicyclic) bond motifs is 1. The molecule has 0 amide bonds. The van der Waals surface area contributed by atoms with Crippen LogP contribution < -0.4 is 0 Å². The number of para-hydroxylation sites is 1. The van der Waals surface area contributed by atoms with Crippen LogP contribution in [0.4, 0.5) is 0 Å². The summed E-state index contributed by atoms with van der Waals surface area (Å²) in [6.07, 6.45) is 0.474. The molecule has 3 aromatic rings. The summed E-state index contributed by atoms with van der Waals surface area (Å²) in [6, 6.07) is 11.7. The number of aryl methyl sites for hydroxylation is 2. The van der Waals surface area contributed by atoms with E-state index in [4.69, 9.17) is 0 Å². The number of carbonyl (C=O) groups excluding carboxylic acids is 1. The summed E-state index contributed by atoms with van der Waals surface area (Å²) in [5.74, 6) is 0.118. The molecule has 0 aliphatic carbocycles. The molecule has 0 bridgehead atoms. The molecule has 0 unspecified atom stereocenters. The highest BCUT2D eigenvalue weighted by Gasteiger charge is 2.16. The molecule has 3 rings (SSSR count). The lowest BCUT2D eigenvalue weighted by molar-refractivity contribution is 0.0988. The maximum absolute atomic E-state index is 12.3. The van der Waals surface area contributed by atoms with Gasteiger partial charge in [0.1, 0.15) is 5.52 Å². The predicted molar refractivity (Wildman–Crippen MR) is 83.0 cm³/mol. The molecule has 0 aliphatic heterocycles. The fraction of sp³-hybridized carbons (Fsp3) is 0.235. The molecular weight excluding hydrogens is 262 g/mol. The van der Waals surface area contributed by atoms with Gasteiger partial charge in [-0.3, -0.25) is 4.79 Å². The highest BCUT2D eigenvalue weighted by molar-refractivity contribution is 6.00. The van der Waals surface area contributed by atoms with Crippen LogP contribution in [0.15, 0.2) is 36.4 Å². The molecule has 0 N–H and O–H groups in total. The van der Waals surface area contributed by atoms with E-state index in [2.05, 4.69) is 10.3 Å². The van der Waals surface area contributed by atoms with Gasteiger partial charge < -0.3 is 0 Å². The van der Waals surface area contributed by atoms with E-state index in [9.17, 15) is 4.79 Å². The van der Waals surface area contributed by atoms with Gasteiger partial charge in [0.05, 0.1) is 11.2 Å². The standard InChI is InChI=1S/C17H17N3O/c1-4-17(21)13-9-11(2)12(3)10-16(13)20-15-8-6-5-7-14(15)18-19-20/h5-10H,4H2,1-3H3. The minimum atomic E-state index is 0.118. The Balaban J connectivity index is 2.31. The zero-order valence-electron chi connectivity index (χ0n) is 12.4. The Morgan fingerprint density at radius 3 is 2.62 bits per heavy atom. The molecule has 0 radical (unpaired) electrons. The molecule has 1 aromatic heterocycles. The zero-order chi connectivity index (χ0) is 15.0. The third-order valence-electron chi connectivity index (χ3n) is 3.81. The molecule has 0 saturated heterocycles. The number of Topliss-reactive ketones (excluding diaryl/α,β-unsaturated/α-hetero) is 1. The quantitative estimate of drug-likeness (QED) is 0.688. The van der Waals surface area contributed by atoms with Gasteiger partial charge in [0.2, 0.25) is 0 Å². The number of hydrogen-bond donors (Lipinski definition) is 0. The smallest absolute Gasteiger partial charge is 0.164 e. The number of carbonyl (C=O) groups is 1. The van der Waals surface area contributed by atoms with Crippen molar-refractivity contribution in [2.75, 3.05) is 0 Å². The number of aromatic nitrogens is 3. The highest BCUT2D eigenvalue weighted by atomic mass is 16.1. The number of rotatable bonds is 3. The lowest BCUT2D eigenvalue weighted by atomic mass is 10.00. The Morgan fingerprint density at radius 2 is 1.86 bits per heavy atom. The van der Waals surface area contributed by atoms with Gasteiger partial charge in [-0.2, -0.15) is 0 Å². The first-order chi connectivity index (χ1) is 10.1. The van der Waals surface area contributed by atoms with Gasteiger partial charge in [-0.1, -0.05) is 24.3 Å². The van der Waals surface area contributed by atoms with E-state index in [1.54, 1.807) is 4.68 Å². The summed E-state index contributed by atoms with van der Waals surface area (Å²) in [4.78, 5) is 12.3. The van der Waals surface area contributed by atoms with Gasteiger partial charge in [0, 0.05) is 12.0 Å². The molecule has 2 aromatic carbocycles. The minimum Gasteiger partial charge on any atom is -0.294 e. The van der Waals surface area contributed by atoms with E-state index >= 15 is 0 Å². The molecule has 4 nitrogen and oxygen atoms in total. The van der Waals surface area contributed by atoms with E-state index in [1.165, 1.54) is 0 Å². The molecule has 21 heavy (non-hydrogen) atoms. The fourth-order valence-corrected chi connectivity index (χ4v) is 2.44. The van der Waals surface area contributed by atoms with Crippen molar-refractivity contribution < 1.29 is 4.79 Å². The molecule has 0 saturated carbocycles. The van der Waals surface area contributed by atoms with Crippen molar-refractivity contribution in [3.63, 3.8) is 0 Å². The largest absolute Gasteiger partial charge is 0.294 e. The van der Waals surface area contributed by atoms with Crippen molar-refractivity contribution in [3.8, 4) is 5.69 Å². The zero-order valence-corrected chi connectivity index (χ0v) is 12.4. The molecular formula is C17H17N3O. The Morgan fingerprint density at radius 1 is 1.14 bits per heavy atom. The number of nitrogens with zero attached hydrogens (tertiary/aromatic N) is 3. The molecule has 0 spiro atoms. The molecule has 106 valence electrons. The molecule has 1 heterocycles. The Kier molecular flexibility index (Phi) is 3.29. The minimum absolute atomic E-state index is 0.118. The fourth-order valence-electron chi connectivity index (χ4n) is 2.44. The van der Waals surface area contributed by atoms with Crippen molar-refractivity contribution in [1.82, 2.24) is 15.0 Å². The van der Waals surface area contributed by atoms with E-state index < -0.39 is 0 Å². The normalized spacial score (nSPS) is 11.0. The number of benzene rings is 2. The Hall–Kier alpha value is -2.49.